The highest BCUT2D eigenvalue weighted by Crippen LogP contribution is 2.12. The molecule has 3 heteroatoms. The fourth-order valence-electron chi connectivity index (χ4n) is 2.11. The van der Waals surface area contributed by atoms with Crippen molar-refractivity contribution in [3.8, 4) is 0 Å². The molecule has 0 aromatic heterocycles. The highest BCUT2D eigenvalue weighted by atomic mass is 16.5. The van der Waals surface area contributed by atoms with Crippen LogP contribution in [0.15, 0.2) is 0 Å². The lowest BCUT2D eigenvalue weighted by atomic mass is 10.3. The molecule has 1 heterocycles. The van der Waals surface area contributed by atoms with Crippen molar-refractivity contribution >= 4 is 0 Å². The number of hydrogen-bond donors (Lipinski definition) is 0. The molecule has 1 rings (SSSR count). The Hall–Kier alpha value is -0.120. The molecule has 0 radical (unpaired) electrons. The molecule has 96 valence electrons. The van der Waals surface area contributed by atoms with Crippen LogP contribution in [-0.4, -0.2) is 50.5 Å². The minimum Gasteiger partial charge on any atom is -0.381 e. The van der Waals surface area contributed by atoms with E-state index in [1.165, 1.54) is 25.9 Å². The fraction of sp³-hybridized carbons (Fsp3) is 1.00. The molecule has 1 aliphatic rings. The van der Waals surface area contributed by atoms with Gasteiger partial charge in [0.05, 0.1) is 6.10 Å². The monoisotopic (exact) mass is 229 g/mol. The quantitative estimate of drug-likeness (QED) is 0.566. The highest BCUT2D eigenvalue weighted by molar-refractivity contribution is 4.75. The van der Waals surface area contributed by atoms with Crippen molar-refractivity contribution in [2.75, 3.05) is 39.5 Å². The average molecular weight is 229 g/mol. The van der Waals surface area contributed by atoms with Gasteiger partial charge in [-0.05, 0) is 32.2 Å². The third kappa shape index (κ3) is 5.83. The van der Waals surface area contributed by atoms with Gasteiger partial charge in [0.25, 0.3) is 0 Å². The van der Waals surface area contributed by atoms with Crippen LogP contribution in [0, 0.1) is 0 Å². The topological polar surface area (TPSA) is 21.7 Å². The summed E-state index contributed by atoms with van der Waals surface area (Å²) in [7, 11) is 0. The van der Waals surface area contributed by atoms with Gasteiger partial charge in [-0.3, -0.25) is 0 Å². The fourth-order valence-corrected chi connectivity index (χ4v) is 2.11. The number of rotatable bonds is 9. The molecular weight excluding hydrogens is 202 g/mol. The summed E-state index contributed by atoms with van der Waals surface area (Å²) in [5.41, 5.74) is 0. The Balaban J connectivity index is 1.90. The van der Waals surface area contributed by atoms with Crippen LogP contribution < -0.4 is 0 Å². The minimum atomic E-state index is 0.470. The van der Waals surface area contributed by atoms with Crippen LogP contribution in [0.2, 0.25) is 0 Å². The zero-order valence-corrected chi connectivity index (χ0v) is 10.9. The van der Waals surface area contributed by atoms with E-state index >= 15 is 0 Å². The van der Waals surface area contributed by atoms with Gasteiger partial charge < -0.3 is 14.4 Å². The molecular formula is C13H27NO2. The van der Waals surface area contributed by atoms with Crippen LogP contribution in [0.1, 0.15) is 39.5 Å². The van der Waals surface area contributed by atoms with E-state index in [0.29, 0.717) is 6.10 Å². The molecule has 16 heavy (non-hydrogen) atoms. The molecule has 0 amide bonds. The predicted octanol–water partition coefficient (Wildman–Crippen LogP) is 2.30. The van der Waals surface area contributed by atoms with Crippen LogP contribution in [0.4, 0.5) is 0 Å². The summed E-state index contributed by atoms with van der Waals surface area (Å²) < 4.78 is 11.3. The van der Waals surface area contributed by atoms with E-state index in [4.69, 9.17) is 9.47 Å². The lowest BCUT2D eigenvalue weighted by molar-refractivity contribution is 0.0380. The van der Waals surface area contributed by atoms with Crippen molar-refractivity contribution < 1.29 is 9.47 Å². The van der Waals surface area contributed by atoms with Crippen LogP contribution in [0.5, 0.6) is 0 Å². The lowest BCUT2D eigenvalue weighted by Gasteiger charge is -2.15. The predicted molar refractivity (Wildman–Crippen MR) is 66.8 cm³/mol. The first-order chi connectivity index (χ1) is 7.86. The van der Waals surface area contributed by atoms with Gasteiger partial charge in [0, 0.05) is 32.9 Å². The van der Waals surface area contributed by atoms with Gasteiger partial charge >= 0.3 is 0 Å². The van der Waals surface area contributed by atoms with E-state index in [0.717, 1.165) is 39.2 Å². The van der Waals surface area contributed by atoms with Crippen LogP contribution >= 0.6 is 0 Å². The van der Waals surface area contributed by atoms with E-state index in [-0.39, 0.29) is 0 Å². The van der Waals surface area contributed by atoms with Crippen LogP contribution in [0.25, 0.3) is 0 Å². The zero-order valence-electron chi connectivity index (χ0n) is 10.9. The Morgan fingerprint density at radius 1 is 1.12 bits per heavy atom. The molecule has 0 aliphatic carbocycles. The Morgan fingerprint density at radius 3 is 2.75 bits per heavy atom. The summed E-state index contributed by atoms with van der Waals surface area (Å²) in [6.07, 6.45) is 5.06. The second kappa shape index (κ2) is 8.97. The largest absolute Gasteiger partial charge is 0.381 e. The van der Waals surface area contributed by atoms with Gasteiger partial charge in [-0.2, -0.15) is 0 Å². The molecule has 0 bridgehead atoms. The first-order valence-corrected chi connectivity index (χ1v) is 6.78. The van der Waals surface area contributed by atoms with Gasteiger partial charge in [-0.25, -0.2) is 0 Å². The Labute approximate surface area is 100 Å². The normalized spacial score (nSPS) is 21.8. The maximum absolute atomic E-state index is 5.84. The molecule has 3 nitrogen and oxygen atoms in total. The van der Waals surface area contributed by atoms with E-state index in [2.05, 4.69) is 18.7 Å². The molecule has 0 spiro atoms. The Kier molecular flexibility index (Phi) is 7.81. The second-order valence-electron chi connectivity index (χ2n) is 4.55. The third-order valence-corrected chi connectivity index (χ3v) is 2.90. The highest BCUT2D eigenvalue weighted by Gasteiger charge is 2.21. The van der Waals surface area contributed by atoms with E-state index < -0.39 is 0 Å². The van der Waals surface area contributed by atoms with E-state index in [1.807, 2.05) is 0 Å². The molecule has 1 saturated heterocycles. The summed E-state index contributed by atoms with van der Waals surface area (Å²) >= 11 is 0. The van der Waals surface area contributed by atoms with Crippen molar-refractivity contribution in [1.82, 2.24) is 4.90 Å². The molecule has 1 aliphatic heterocycles. The summed E-state index contributed by atoms with van der Waals surface area (Å²) in [4.78, 5) is 2.50. The Morgan fingerprint density at radius 2 is 2.00 bits per heavy atom. The first kappa shape index (κ1) is 13.9. The van der Waals surface area contributed by atoms with Crippen molar-refractivity contribution in [1.29, 1.82) is 0 Å². The SMILES string of the molecule is CCCOCCCOC1CCN(CCC)C1. The molecule has 0 N–H and O–H groups in total. The van der Waals surface area contributed by atoms with Gasteiger partial charge in [-0.15, -0.1) is 0 Å². The maximum atomic E-state index is 5.84. The van der Waals surface area contributed by atoms with Gasteiger partial charge in [0.1, 0.15) is 0 Å². The molecule has 0 aromatic rings. The number of hydrogen-bond acceptors (Lipinski definition) is 3. The summed E-state index contributed by atoms with van der Waals surface area (Å²) in [5.74, 6) is 0. The zero-order chi connectivity index (χ0) is 11.6. The van der Waals surface area contributed by atoms with Crippen molar-refractivity contribution in [2.24, 2.45) is 0 Å². The van der Waals surface area contributed by atoms with Crippen molar-refractivity contribution in [2.45, 2.75) is 45.6 Å². The van der Waals surface area contributed by atoms with Crippen LogP contribution in [-0.2, 0) is 9.47 Å². The standard InChI is InChI=1S/C13H27NO2/c1-3-7-14-8-6-13(12-14)16-11-5-10-15-9-4-2/h13H,3-12H2,1-2H3. The first-order valence-electron chi connectivity index (χ1n) is 6.78. The Bertz CT molecular complexity index is 164. The van der Waals surface area contributed by atoms with Crippen LogP contribution in [0.3, 0.4) is 0 Å². The smallest absolute Gasteiger partial charge is 0.0714 e. The average Bonchev–Trinajstić information content (AvgIpc) is 2.72. The maximum Gasteiger partial charge on any atom is 0.0714 e. The van der Waals surface area contributed by atoms with E-state index in [9.17, 15) is 0 Å². The number of likely N-dealkylation sites (tertiary alicyclic amines) is 1. The van der Waals surface area contributed by atoms with Gasteiger partial charge in [0.15, 0.2) is 0 Å². The van der Waals surface area contributed by atoms with Crippen molar-refractivity contribution in [3.05, 3.63) is 0 Å². The molecule has 0 aromatic carbocycles. The number of nitrogens with zero attached hydrogens (tertiary/aromatic N) is 1. The minimum absolute atomic E-state index is 0.470. The third-order valence-electron chi connectivity index (χ3n) is 2.90. The van der Waals surface area contributed by atoms with Crippen molar-refractivity contribution in [3.63, 3.8) is 0 Å². The van der Waals surface area contributed by atoms with Gasteiger partial charge in [-0.1, -0.05) is 13.8 Å². The summed E-state index contributed by atoms with van der Waals surface area (Å²) in [5, 5.41) is 0. The number of ether oxygens (including phenoxy) is 2. The summed E-state index contributed by atoms with van der Waals surface area (Å²) in [6.45, 7) is 10.5. The second-order valence-corrected chi connectivity index (χ2v) is 4.55. The van der Waals surface area contributed by atoms with E-state index in [1.54, 1.807) is 0 Å². The molecule has 0 saturated carbocycles. The molecule has 1 unspecified atom stereocenters. The van der Waals surface area contributed by atoms with Gasteiger partial charge in [0.2, 0.25) is 0 Å². The molecule has 1 fully saturated rings. The molecule has 1 atom stereocenters. The lowest BCUT2D eigenvalue weighted by Crippen LogP contribution is -2.24. The summed E-state index contributed by atoms with van der Waals surface area (Å²) in [6, 6.07) is 0.